The van der Waals surface area contributed by atoms with Gasteiger partial charge in [-0.25, -0.2) is 8.42 Å². The van der Waals surface area contributed by atoms with Gasteiger partial charge >= 0.3 is 0 Å². The number of rotatable bonds is 7. The minimum atomic E-state index is -3.77. The van der Waals surface area contributed by atoms with E-state index in [4.69, 9.17) is 10.5 Å². The second-order valence-corrected chi connectivity index (χ2v) is 8.33. The van der Waals surface area contributed by atoms with Gasteiger partial charge < -0.3 is 15.4 Å². The lowest BCUT2D eigenvalue weighted by molar-refractivity contribution is -0.123. The monoisotopic (exact) mass is 397 g/mol. The third kappa shape index (κ3) is 4.41. The van der Waals surface area contributed by atoms with Crippen LogP contribution in [-0.4, -0.2) is 62.7 Å². The Balaban J connectivity index is 2.32. The van der Waals surface area contributed by atoms with E-state index in [1.807, 2.05) is 0 Å². The standard InChI is InChI=1S/C18H27N3O5S/c1-4-21(5-2)27(24,25)16-12-14(6-7-15(16)26-3)18(23)20-10-8-13(9-11-20)17(19)22/h6-7,12-13H,4-5,8-11H2,1-3H3,(H2,19,22). The number of amides is 2. The van der Waals surface area contributed by atoms with Gasteiger partial charge in [-0.2, -0.15) is 4.31 Å². The number of ether oxygens (including phenoxy) is 1. The number of primary amides is 1. The molecule has 1 fully saturated rings. The highest BCUT2D eigenvalue weighted by molar-refractivity contribution is 7.89. The Morgan fingerprint density at radius 1 is 1.22 bits per heavy atom. The fourth-order valence-electron chi connectivity index (χ4n) is 3.26. The van der Waals surface area contributed by atoms with Crippen molar-refractivity contribution in [1.82, 2.24) is 9.21 Å². The van der Waals surface area contributed by atoms with E-state index in [0.29, 0.717) is 39.0 Å². The number of carbonyl (C=O) groups excluding carboxylic acids is 2. The second kappa shape index (κ2) is 8.71. The molecule has 0 radical (unpaired) electrons. The van der Waals surface area contributed by atoms with Gasteiger partial charge in [0.25, 0.3) is 5.91 Å². The maximum absolute atomic E-state index is 12.9. The predicted octanol–water partition coefficient (Wildman–Crippen LogP) is 1.06. The molecule has 0 unspecified atom stereocenters. The highest BCUT2D eigenvalue weighted by atomic mass is 32.2. The van der Waals surface area contributed by atoms with Gasteiger partial charge in [0.05, 0.1) is 7.11 Å². The van der Waals surface area contributed by atoms with Crippen molar-refractivity contribution in [1.29, 1.82) is 0 Å². The van der Waals surface area contributed by atoms with Crippen LogP contribution in [0.4, 0.5) is 0 Å². The Morgan fingerprint density at radius 2 is 1.81 bits per heavy atom. The number of nitrogens with zero attached hydrogens (tertiary/aromatic N) is 2. The molecule has 2 N–H and O–H groups in total. The molecule has 0 saturated carbocycles. The van der Waals surface area contributed by atoms with Crippen molar-refractivity contribution in [3.8, 4) is 5.75 Å². The van der Waals surface area contributed by atoms with Gasteiger partial charge in [0.15, 0.2) is 0 Å². The summed E-state index contributed by atoms with van der Waals surface area (Å²) in [7, 11) is -2.38. The summed E-state index contributed by atoms with van der Waals surface area (Å²) < 4.78 is 32.4. The van der Waals surface area contributed by atoms with Crippen LogP contribution >= 0.6 is 0 Å². The van der Waals surface area contributed by atoms with Gasteiger partial charge in [0.1, 0.15) is 10.6 Å². The predicted molar refractivity (Wildman–Crippen MR) is 101 cm³/mol. The molecule has 8 nitrogen and oxygen atoms in total. The summed E-state index contributed by atoms with van der Waals surface area (Å²) in [6, 6.07) is 4.43. The van der Waals surface area contributed by atoms with Crippen LogP contribution in [0, 0.1) is 5.92 Å². The fourth-order valence-corrected chi connectivity index (χ4v) is 4.90. The van der Waals surface area contributed by atoms with E-state index in [1.165, 1.54) is 23.5 Å². The molecule has 2 rings (SSSR count). The van der Waals surface area contributed by atoms with Crippen molar-refractivity contribution in [2.45, 2.75) is 31.6 Å². The molecule has 1 saturated heterocycles. The summed E-state index contributed by atoms with van der Waals surface area (Å²) in [4.78, 5) is 25.7. The average molecular weight is 397 g/mol. The summed E-state index contributed by atoms with van der Waals surface area (Å²) in [6.07, 6.45) is 1.03. The van der Waals surface area contributed by atoms with E-state index < -0.39 is 10.0 Å². The van der Waals surface area contributed by atoms with Gasteiger partial charge in [-0.1, -0.05) is 13.8 Å². The molecule has 0 spiro atoms. The number of likely N-dealkylation sites (tertiary alicyclic amines) is 1. The van der Waals surface area contributed by atoms with Crippen LogP contribution in [0.1, 0.15) is 37.0 Å². The quantitative estimate of drug-likeness (QED) is 0.740. The van der Waals surface area contributed by atoms with Gasteiger partial charge in [-0.3, -0.25) is 9.59 Å². The molecule has 27 heavy (non-hydrogen) atoms. The van der Waals surface area contributed by atoms with Crippen molar-refractivity contribution < 1.29 is 22.7 Å². The first-order valence-electron chi connectivity index (χ1n) is 9.03. The normalized spacial score (nSPS) is 15.8. The molecular formula is C18H27N3O5S. The number of hydrogen-bond acceptors (Lipinski definition) is 5. The molecule has 1 aliphatic heterocycles. The van der Waals surface area contributed by atoms with Crippen LogP contribution < -0.4 is 10.5 Å². The van der Waals surface area contributed by atoms with Crippen LogP contribution in [0.3, 0.4) is 0 Å². The molecule has 0 bridgehead atoms. The van der Waals surface area contributed by atoms with Crippen molar-refractivity contribution in [2.24, 2.45) is 11.7 Å². The smallest absolute Gasteiger partial charge is 0.253 e. The summed E-state index contributed by atoms with van der Waals surface area (Å²) in [6.45, 7) is 4.98. The number of piperidine rings is 1. The number of methoxy groups -OCH3 is 1. The zero-order valence-electron chi connectivity index (χ0n) is 16.0. The Morgan fingerprint density at radius 3 is 2.30 bits per heavy atom. The molecular weight excluding hydrogens is 370 g/mol. The molecule has 9 heteroatoms. The molecule has 150 valence electrons. The summed E-state index contributed by atoms with van der Waals surface area (Å²) >= 11 is 0. The van der Waals surface area contributed by atoms with E-state index >= 15 is 0 Å². The summed E-state index contributed by atoms with van der Waals surface area (Å²) in [5.74, 6) is -0.634. The van der Waals surface area contributed by atoms with Gasteiger partial charge in [0.2, 0.25) is 15.9 Å². The average Bonchev–Trinajstić information content (AvgIpc) is 2.67. The molecule has 0 atom stereocenters. The molecule has 1 aromatic rings. The zero-order chi connectivity index (χ0) is 20.2. The van der Waals surface area contributed by atoms with E-state index in [9.17, 15) is 18.0 Å². The number of sulfonamides is 1. The Labute approximate surface area is 160 Å². The molecule has 2 amide bonds. The SMILES string of the molecule is CCN(CC)S(=O)(=O)c1cc(C(=O)N2CCC(C(N)=O)CC2)ccc1OC. The molecule has 0 aromatic heterocycles. The van der Waals surface area contributed by atoms with Crippen molar-refractivity contribution in [3.05, 3.63) is 23.8 Å². The molecule has 1 aromatic carbocycles. The topological polar surface area (TPSA) is 110 Å². The summed E-state index contributed by atoms with van der Waals surface area (Å²) in [5.41, 5.74) is 5.60. The van der Waals surface area contributed by atoms with Crippen molar-refractivity contribution >= 4 is 21.8 Å². The van der Waals surface area contributed by atoms with Crippen LogP contribution in [0.25, 0.3) is 0 Å². The lowest BCUT2D eigenvalue weighted by Gasteiger charge is -2.30. The minimum Gasteiger partial charge on any atom is -0.495 e. The maximum atomic E-state index is 12.9. The van der Waals surface area contributed by atoms with Crippen LogP contribution in [0.5, 0.6) is 5.75 Å². The lowest BCUT2D eigenvalue weighted by Crippen LogP contribution is -2.41. The number of nitrogens with two attached hydrogens (primary N) is 1. The van der Waals surface area contributed by atoms with Crippen LogP contribution in [0.15, 0.2) is 23.1 Å². The minimum absolute atomic E-state index is 0.0217. The highest BCUT2D eigenvalue weighted by Gasteiger charge is 2.30. The second-order valence-electron chi connectivity index (χ2n) is 6.42. The van der Waals surface area contributed by atoms with E-state index in [0.717, 1.165) is 0 Å². The number of hydrogen-bond donors (Lipinski definition) is 1. The van der Waals surface area contributed by atoms with Gasteiger partial charge in [-0.05, 0) is 31.0 Å². The largest absolute Gasteiger partial charge is 0.495 e. The van der Waals surface area contributed by atoms with Crippen molar-refractivity contribution in [3.63, 3.8) is 0 Å². The van der Waals surface area contributed by atoms with Gasteiger partial charge in [-0.15, -0.1) is 0 Å². The van der Waals surface area contributed by atoms with Crippen LogP contribution in [0.2, 0.25) is 0 Å². The molecule has 0 aliphatic carbocycles. The van der Waals surface area contributed by atoms with E-state index in [-0.39, 0.29) is 33.9 Å². The van der Waals surface area contributed by atoms with Crippen molar-refractivity contribution in [2.75, 3.05) is 33.3 Å². The number of benzene rings is 1. The summed E-state index contributed by atoms with van der Waals surface area (Å²) in [5, 5.41) is 0. The Hall–Kier alpha value is -2.13. The third-order valence-corrected chi connectivity index (χ3v) is 6.99. The molecule has 1 heterocycles. The van der Waals surface area contributed by atoms with E-state index in [2.05, 4.69) is 0 Å². The Bertz CT molecular complexity index is 797. The molecule has 1 aliphatic rings. The Kier molecular flexibility index (Phi) is 6.83. The first kappa shape index (κ1) is 21.2. The van der Waals surface area contributed by atoms with Gasteiger partial charge in [0, 0.05) is 37.7 Å². The fraction of sp³-hybridized carbons (Fsp3) is 0.556. The van der Waals surface area contributed by atoms with E-state index in [1.54, 1.807) is 24.8 Å². The highest BCUT2D eigenvalue weighted by Crippen LogP contribution is 2.29. The first-order chi connectivity index (χ1) is 12.8. The lowest BCUT2D eigenvalue weighted by atomic mass is 9.96. The zero-order valence-corrected chi connectivity index (χ0v) is 16.8. The first-order valence-corrected chi connectivity index (χ1v) is 10.5. The third-order valence-electron chi connectivity index (χ3n) is 4.92. The number of carbonyl (C=O) groups is 2. The maximum Gasteiger partial charge on any atom is 0.253 e. The van der Waals surface area contributed by atoms with Crippen LogP contribution in [-0.2, 0) is 14.8 Å².